The van der Waals surface area contributed by atoms with Gasteiger partial charge in [-0.1, -0.05) is 0 Å². The van der Waals surface area contributed by atoms with Crippen LogP contribution in [0.2, 0.25) is 0 Å². The smallest absolute Gasteiger partial charge is 0.241 e. The molecule has 1 aromatic carbocycles. The minimum absolute atomic E-state index is 0.0601. The van der Waals surface area contributed by atoms with E-state index in [0.717, 1.165) is 37.4 Å². The first-order chi connectivity index (χ1) is 9.88. The van der Waals surface area contributed by atoms with Crippen molar-refractivity contribution in [3.8, 4) is 0 Å². The van der Waals surface area contributed by atoms with Gasteiger partial charge in [0.1, 0.15) is 5.82 Å². The first-order valence-electron chi connectivity index (χ1n) is 6.60. The molecule has 116 valence electrons. The average molecular weight is 315 g/mol. The number of nitrogens with zero attached hydrogens (tertiary/aromatic N) is 2. The van der Waals surface area contributed by atoms with Crippen molar-refractivity contribution in [1.82, 2.24) is 14.5 Å². The normalized spacial score (nSPS) is 17.0. The number of benzene rings is 1. The van der Waals surface area contributed by atoms with Crippen molar-refractivity contribution >= 4 is 15.9 Å². The van der Waals surface area contributed by atoms with Crippen LogP contribution in [0, 0.1) is 5.82 Å². The number of rotatable bonds is 4. The Morgan fingerprint density at radius 3 is 2.33 bits per heavy atom. The van der Waals surface area contributed by atoms with Crippen LogP contribution in [0.3, 0.4) is 0 Å². The van der Waals surface area contributed by atoms with Gasteiger partial charge in [-0.25, -0.2) is 17.5 Å². The number of piperazine rings is 1. The largest absolute Gasteiger partial charge is 0.339 e. The van der Waals surface area contributed by atoms with Crippen molar-refractivity contribution in [2.45, 2.75) is 4.90 Å². The predicted octanol–water partition coefficient (Wildman–Crippen LogP) is -0.122. The molecular formula is C13H18FN3O3S. The summed E-state index contributed by atoms with van der Waals surface area (Å²) in [6, 6.07) is 4.46. The highest BCUT2D eigenvalue weighted by Gasteiger charge is 2.21. The molecule has 0 atom stereocenters. The summed E-state index contributed by atoms with van der Waals surface area (Å²) in [5.41, 5.74) is 0. The van der Waals surface area contributed by atoms with Gasteiger partial charge in [0.2, 0.25) is 15.9 Å². The van der Waals surface area contributed by atoms with Gasteiger partial charge < -0.3 is 9.80 Å². The van der Waals surface area contributed by atoms with Crippen LogP contribution in [-0.2, 0) is 14.8 Å². The summed E-state index contributed by atoms with van der Waals surface area (Å²) in [6.07, 6.45) is 0. The molecular weight excluding hydrogens is 297 g/mol. The summed E-state index contributed by atoms with van der Waals surface area (Å²) in [4.78, 5) is 15.6. The highest BCUT2D eigenvalue weighted by Crippen LogP contribution is 2.09. The number of halogens is 1. The fraction of sp³-hybridized carbons (Fsp3) is 0.462. The van der Waals surface area contributed by atoms with Crippen LogP contribution in [0.25, 0.3) is 0 Å². The van der Waals surface area contributed by atoms with E-state index in [1.807, 2.05) is 7.05 Å². The zero-order chi connectivity index (χ0) is 15.5. The third kappa shape index (κ3) is 4.23. The number of hydrogen-bond acceptors (Lipinski definition) is 4. The Morgan fingerprint density at radius 2 is 1.76 bits per heavy atom. The van der Waals surface area contributed by atoms with E-state index in [1.54, 1.807) is 4.90 Å². The maximum absolute atomic E-state index is 12.8. The second kappa shape index (κ2) is 6.50. The maximum atomic E-state index is 12.8. The Bertz CT molecular complexity index is 596. The van der Waals surface area contributed by atoms with Crippen LogP contribution < -0.4 is 4.72 Å². The highest BCUT2D eigenvalue weighted by molar-refractivity contribution is 7.89. The summed E-state index contributed by atoms with van der Waals surface area (Å²) in [5.74, 6) is -0.767. The third-order valence-electron chi connectivity index (χ3n) is 3.39. The van der Waals surface area contributed by atoms with Crippen molar-refractivity contribution in [3.05, 3.63) is 30.1 Å². The lowest BCUT2D eigenvalue weighted by atomic mass is 10.3. The summed E-state index contributed by atoms with van der Waals surface area (Å²) in [7, 11) is -1.82. The number of nitrogens with one attached hydrogen (secondary N) is 1. The highest BCUT2D eigenvalue weighted by atomic mass is 32.2. The van der Waals surface area contributed by atoms with Gasteiger partial charge in [0.05, 0.1) is 11.4 Å². The van der Waals surface area contributed by atoms with Crippen molar-refractivity contribution in [2.24, 2.45) is 0 Å². The van der Waals surface area contributed by atoms with E-state index in [4.69, 9.17) is 0 Å². The van der Waals surface area contributed by atoms with E-state index in [2.05, 4.69) is 9.62 Å². The number of sulfonamides is 1. The molecule has 2 rings (SSSR count). The lowest BCUT2D eigenvalue weighted by molar-refractivity contribution is -0.131. The van der Waals surface area contributed by atoms with E-state index in [9.17, 15) is 17.6 Å². The molecule has 0 bridgehead atoms. The van der Waals surface area contributed by atoms with Crippen molar-refractivity contribution < 1.29 is 17.6 Å². The molecule has 1 aliphatic heterocycles. The van der Waals surface area contributed by atoms with Crippen LogP contribution in [0.4, 0.5) is 4.39 Å². The second-order valence-corrected chi connectivity index (χ2v) is 6.73. The lowest BCUT2D eigenvalue weighted by Crippen LogP contribution is -2.50. The molecule has 8 heteroatoms. The number of carbonyl (C=O) groups excluding carboxylic acids is 1. The van der Waals surface area contributed by atoms with Gasteiger partial charge in [-0.15, -0.1) is 0 Å². The Hall–Kier alpha value is -1.51. The van der Waals surface area contributed by atoms with E-state index in [0.29, 0.717) is 13.1 Å². The van der Waals surface area contributed by atoms with Crippen molar-refractivity contribution in [3.63, 3.8) is 0 Å². The van der Waals surface area contributed by atoms with E-state index >= 15 is 0 Å². The first kappa shape index (κ1) is 15.9. The monoisotopic (exact) mass is 315 g/mol. The Labute approximate surface area is 123 Å². The summed E-state index contributed by atoms with van der Waals surface area (Å²) in [5, 5.41) is 0. The van der Waals surface area contributed by atoms with Crippen molar-refractivity contribution in [1.29, 1.82) is 0 Å². The Balaban J connectivity index is 1.92. The molecule has 1 heterocycles. The van der Waals surface area contributed by atoms with Gasteiger partial charge >= 0.3 is 0 Å². The standard InChI is InChI=1S/C13H18FN3O3S/c1-16-6-8-17(9-7-16)13(18)10-15-21(19,20)12-4-2-11(14)3-5-12/h2-5,15H,6-10H2,1H3. The number of carbonyl (C=O) groups is 1. The van der Waals surface area contributed by atoms with Crippen LogP contribution in [0.15, 0.2) is 29.2 Å². The molecule has 21 heavy (non-hydrogen) atoms. The molecule has 0 unspecified atom stereocenters. The minimum Gasteiger partial charge on any atom is -0.339 e. The molecule has 1 aromatic rings. The van der Waals surface area contributed by atoms with Crippen molar-refractivity contribution in [2.75, 3.05) is 39.8 Å². The zero-order valence-electron chi connectivity index (χ0n) is 11.8. The van der Waals surface area contributed by atoms with Gasteiger partial charge in [-0.2, -0.15) is 0 Å². The molecule has 0 spiro atoms. The molecule has 0 aliphatic carbocycles. The number of amides is 1. The fourth-order valence-corrected chi connectivity index (χ4v) is 3.00. The van der Waals surface area contributed by atoms with E-state index in [-0.39, 0.29) is 17.3 Å². The lowest BCUT2D eigenvalue weighted by Gasteiger charge is -2.32. The van der Waals surface area contributed by atoms with Crippen LogP contribution >= 0.6 is 0 Å². The third-order valence-corrected chi connectivity index (χ3v) is 4.81. The van der Waals surface area contributed by atoms with Crippen LogP contribution in [0.1, 0.15) is 0 Å². The first-order valence-corrected chi connectivity index (χ1v) is 8.08. The fourth-order valence-electron chi connectivity index (χ4n) is 2.02. The molecule has 1 fully saturated rings. The van der Waals surface area contributed by atoms with Gasteiger partial charge in [0.15, 0.2) is 0 Å². The van der Waals surface area contributed by atoms with Gasteiger partial charge in [0, 0.05) is 26.2 Å². The Morgan fingerprint density at radius 1 is 1.19 bits per heavy atom. The van der Waals surface area contributed by atoms with Crippen LogP contribution in [0.5, 0.6) is 0 Å². The molecule has 1 saturated heterocycles. The maximum Gasteiger partial charge on any atom is 0.241 e. The van der Waals surface area contributed by atoms with Gasteiger partial charge in [-0.3, -0.25) is 4.79 Å². The van der Waals surface area contributed by atoms with E-state index in [1.165, 1.54) is 0 Å². The minimum atomic E-state index is -3.80. The zero-order valence-corrected chi connectivity index (χ0v) is 12.6. The molecule has 1 N–H and O–H groups in total. The molecule has 0 radical (unpaired) electrons. The second-order valence-electron chi connectivity index (χ2n) is 4.96. The van der Waals surface area contributed by atoms with E-state index < -0.39 is 15.8 Å². The molecule has 1 amide bonds. The molecule has 6 nitrogen and oxygen atoms in total. The SMILES string of the molecule is CN1CCN(C(=O)CNS(=O)(=O)c2ccc(F)cc2)CC1. The number of likely N-dealkylation sites (N-methyl/N-ethyl adjacent to an activating group) is 1. The van der Waals surface area contributed by atoms with Crippen LogP contribution in [-0.4, -0.2) is 63.9 Å². The van der Waals surface area contributed by atoms with Gasteiger partial charge in [-0.05, 0) is 31.3 Å². The average Bonchev–Trinajstić information content (AvgIpc) is 2.46. The summed E-state index contributed by atoms with van der Waals surface area (Å²) >= 11 is 0. The topological polar surface area (TPSA) is 69.7 Å². The van der Waals surface area contributed by atoms with Gasteiger partial charge in [0.25, 0.3) is 0 Å². The molecule has 0 aromatic heterocycles. The number of hydrogen-bond donors (Lipinski definition) is 1. The molecule has 1 aliphatic rings. The predicted molar refractivity (Wildman–Crippen MR) is 75.7 cm³/mol. The summed E-state index contributed by atoms with van der Waals surface area (Å²) < 4.78 is 39.0. The molecule has 0 saturated carbocycles. The Kier molecular flexibility index (Phi) is 4.92. The quantitative estimate of drug-likeness (QED) is 0.841. The summed E-state index contributed by atoms with van der Waals surface area (Å²) in [6.45, 7) is 2.44.